The van der Waals surface area contributed by atoms with Crippen LogP contribution in [0.15, 0.2) is 18.2 Å². The normalized spacial score (nSPS) is 16.6. The summed E-state index contributed by atoms with van der Waals surface area (Å²) in [6.07, 6.45) is 2.04. The Bertz CT molecular complexity index is 696. The molecule has 6 nitrogen and oxygen atoms in total. The highest BCUT2D eigenvalue weighted by Gasteiger charge is 2.35. The summed E-state index contributed by atoms with van der Waals surface area (Å²) < 4.78 is 10.4. The molecular weight excluding hydrogens is 367 g/mol. The van der Waals surface area contributed by atoms with Crippen molar-refractivity contribution in [3.05, 3.63) is 28.2 Å². The third-order valence-electron chi connectivity index (χ3n) is 3.92. The fourth-order valence-electron chi connectivity index (χ4n) is 2.61. The molecule has 1 aliphatic rings. The van der Waals surface area contributed by atoms with Crippen LogP contribution in [0.1, 0.15) is 32.6 Å². The molecule has 1 fully saturated rings. The van der Waals surface area contributed by atoms with Gasteiger partial charge in [0.15, 0.2) is 12.7 Å². The molecule has 0 saturated heterocycles. The van der Waals surface area contributed by atoms with E-state index < -0.39 is 30.1 Å². The number of esters is 1. The van der Waals surface area contributed by atoms with E-state index in [0.29, 0.717) is 17.9 Å². The molecule has 1 saturated carbocycles. The Kier molecular flexibility index (Phi) is 6.51. The standard InChI is InChI=1S/C17H18Cl2N2O4/c1-11(25-14-5-4-12(18)8-13(14)19)16(23)24-9-15(22)21-17(10-20)6-2-3-7-17/h4-5,8,11H,2-3,6-7,9H2,1H3,(H,21,22)/t11-/m1/s1. The quantitative estimate of drug-likeness (QED) is 0.760. The first-order valence-corrected chi connectivity index (χ1v) is 8.61. The molecule has 0 radical (unpaired) electrons. The molecule has 1 aliphatic carbocycles. The first-order chi connectivity index (χ1) is 11.8. The monoisotopic (exact) mass is 384 g/mol. The lowest BCUT2D eigenvalue weighted by atomic mass is 10.00. The SMILES string of the molecule is C[C@@H](Oc1ccc(Cl)cc1Cl)C(=O)OCC(=O)NC1(C#N)CCCC1. The Hall–Kier alpha value is -1.97. The number of benzene rings is 1. The van der Waals surface area contributed by atoms with Gasteiger partial charge < -0.3 is 14.8 Å². The maximum Gasteiger partial charge on any atom is 0.347 e. The Morgan fingerprint density at radius 3 is 2.64 bits per heavy atom. The van der Waals surface area contributed by atoms with Crippen LogP contribution in [0.3, 0.4) is 0 Å². The zero-order chi connectivity index (χ0) is 18.4. The molecule has 0 unspecified atom stereocenters. The minimum Gasteiger partial charge on any atom is -0.477 e. The topological polar surface area (TPSA) is 88.4 Å². The van der Waals surface area contributed by atoms with Crippen molar-refractivity contribution >= 4 is 35.1 Å². The van der Waals surface area contributed by atoms with Gasteiger partial charge in [-0.15, -0.1) is 0 Å². The minimum absolute atomic E-state index is 0.266. The summed E-state index contributed by atoms with van der Waals surface area (Å²) in [5.74, 6) is -0.929. The molecule has 1 aromatic rings. The van der Waals surface area contributed by atoms with E-state index >= 15 is 0 Å². The van der Waals surface area contributed by atoms with Gasteiger partial charge in [0.2, 0.25) is 0 Å². The maximum absolute atomic E-state index is 12.0. The molecular formula is C17H18Cl2N2O4. The van der Waals surface area contributed by atoms with Crippen LogP contribution >= 0.6 is 23.2 Å². The number of hydrogen-bond acceptors (Lipinski definition) is 5. The van der Waals surface area contributed by atoms with Crippen LogP contribution in [0.5, 0.6) is 5.75 Å². The second-order valence-electron chi connectivity index (χ2n) is 5.89. The highest BCUT2D eigenvalue weighted by atomic mass is 35.5. The van der Waals surface area contributed by atoms with Crippen molar-refractivity contribution in [3.63, 3.8) is 0 Å². The smallest absolute Gasteiger partial charge is 0.347 e. The van der Waals surface area contributed by atoms with Gasteiger partial charge in [0.25, 0.3) is 5.91 Å². The van der Waals surface area contributed by atoms with Crippen LogP contribution in [0, 0.1) is 11.3 Å². The van der Waals surface area contributed by atoms with Gasteiger partial charge >= 0.3 is 5.97 Å². The highest BCUT2D eigenvalue weighted by molar-refractivity contribution is 6.35. The number of nitrogens with zero attached hydrogens (tertiary/aromatic N) is 1. The second-order valence-corrected chi connectivity index (χ2v) is 6.74. The van der Waals surface area contributed by atoms with Crippen LogP contribution < -0.4 is 10.1 Å². The number of hydrogen-bond donors (Lipinski definition) is 1. The summed E-state index contributed by atoms with van der Waals surface area (Å²) in [7, 11) is 0. The average molecular weight is 385 g/mol. The average Bonchev–Trinajstić information content (AvgIpc) is 3.04. The Labute approximate surface area is 156 Å². The van der Waals surface area contributed by atoms with Gasteiger partial charge in [-0.3, -0.25) is 4.79 Å². The molecule has 134 valence electrons. The third kappa shape index (κ3) is 5.25. The molecule has 0 bridgehead atoms. The van der Waals surface area contributed by atoms with Crippen molar-refractivity contribution < 1.29 is 19.1 Å². The van der Waals surface area contributed by atoms with Gasteiger partial charge in [-0.1, -0.05) is 23.2 Å². The fourth-order valence-corrected chi connectivity index (χ4v) is 3.06. The molecule has 1 aromatic carbocycles. The Morgan fingerprint density at radius 1 is 1.36 bits per heavy atom. The molecule has 1 atom stereocenters. The lowest BCUT2D eigenvalue weighted by Crippen LogP contribution is -2.47. The van der Waals surface area contributed by atoms with Crippen molar-refractivity contribution in [2.24, 2.45) is 0 Å². The number of carbonyl (C=O) groups is 2. The van der Waals surface area contributed by atoms with Crippen molar-refractivity contribution in [1.82, 2.24) is 5.32 Å². The van der Waals surface area contributed by atoms with Crippen molar-refractivity contribution in [2.45, 2.75) is 44.2 Å². The molecule has 0 aliphatic heterocycles. The van der Waals surface area contributed by atoms with Gasteiger partial charge in [-0.05, 0) is 50.8 Å². The fraction of sp³-hybridized carbons (Fsp3) is 0.471. The van der Waals surface area contributed by atoms with Gasteiger partial charge in [0, 0.05) is 5.02 Å². The summed E-state index contributed by atoms with van der Waals surface area (Å²) >= 11 is 11.8. The summed E-state index contributed by atoms with van der Waals surface area (Å²) in [6.45, 7) is 1.02. The molecule has 1 amide bonds. The highest BCUT2D eigenvalue weighted by Crippen LogP contribution is 2.29. The van der Waals surface area contributed by atoms with E-state index in [0.717, 1.165) is 12.8 Å². The predicted molar refractivity (Wildman–Crippen MR) is 92.5 cm³/mol. The van der Waals surface area contributed by atoms with E-state index in [9.17, 15) is 14.9 Å². The number of rotatable bonds is 6. The number of nitrogens with one attached hydrogen (secondary N) is 1. The predicted octanol–water partition coefficient (Wildman–Crippen LogP) is 3.26. The van der Waals surface area contributed by atoms with Crippen LogP contribution in [0.2, 0.25) is 10.0 Å². The maximum atomic E-state index is 12.0. The van der Waals surface area contributed by atoms with Crippen LogP contribution in [0.4, 0.5) is 0 Å². The van der Waals surface area contributed by atoms with Gasteiger partial charge in [-0.25, -0.2) is 4.79 Å². The first kappa shape index (κ1) is 19.4. The zero-order valence-corrected chi connectivity index (χ0v) is 15.2. The molecule has 0 aromatic heterocycles. The molecule has 0 heterocycles. The molecule has 0 spiro atoms. The van der Waals surface area contributed by atoms with E-state index in [1.165, 1.54) is 19.1 Å². The Balaban J connectivity index is 1.83. The number of nitriles is 1. The van der Waals surface area contributed by atoms with Gasteiger partial charge in [-0.2, -0.15) is 5.26 Å². The molecule has 2 rings (SSSR count). The zero-order valence-electron chi connectivity index (χ0n) is 13.7. The van der Waals surface area contributed by atoms with Crippen LogP contribution in [0.25, 0.3) is 0 Å². The summed E-state index contributed by atoms with van der Waals surface area (Å²) in [6, 6.07) is 6.75. The number of amides is 1. The van der Waals surface area contributed by atoms with E-state index in [1.807, 2.05) is 0 Å². The van der Waals surface area contributed by atoms with E-state index in [-0.39, 0.29) is 10.8 Å². The first-order valence-electron chi connectivity index (χ1n) is 7.86. The summed E-state index contributed by atoms with van der Waals surface area (Å²) in [5.41, 5.74) is -0.845. The summed E-state index contributed by atoms with van der Waals surface area (Å²) in [4.78, 5) is 23.9. The van der Waals surface area contributed by atoms with Crippen molar-refractivity contribution in [1.29, 1.82) is 5.26 Å². The third-order valence-corrected chi connectivity index (χ3v) is 4.46. The van der Waals surface area contributed by atoms with Crippen LogP contribution in [-0.2, 0) is 14.3 Å². The lowest BCUT2D eigenvalue weighted by Gasteiger charge is -2.22. The summed E-state index contributed by atoms with van der Waals surface area (Å²) in [5, 5.41) is 12.6. The number of halogens is 2. The largest absolute Gasteiger partial charge is 0.477 e. The van der Waals surface area contributed by atoms with Crippen LogP contribution in [-0.4, -0.2) is 30.1 Å². The van der Waals surface area contributed by atoms with Crippen molar-refractivity contribution in [3.8, 4) is 11.8 Å². The van der Waals surface area contributed by atoms with E-state index in [2.05, 4.69) is 11.4 Å². The minimum atomic E-state index is -0.956. The molecule has 8 heteroatoms. The molecule has 1 N–H and O–H groups in total. The second kappa shape index (κ2) is 8.41. The number of ether oxygens (including phenoxy) is 2. The van der Waals surface area contributed by atoms with Crippen molar-refractivity contribution in [2.75, 3.05) is 6.61 Å². The number of carbonyl (C=O) groups excluding carboxylic acids is 2. The lowest BCUT2D eigenvalue weighted by molar-refractivity contribution is -0.155. The van der Waals surface area contributed by atoms with E-state index in [1.54, 1.807) is 6.07 Å². The Morgan fingerprint density at radius 2 is 2.04 bits per heavy atom. The van der Waals surface area contributed by atoms with E-state index in [4.69, 9.17) is 32.7 Å². The molecule has 25 heavy (non-hydrogen) atoms. The van der Waals surface area contributed by atoms with Gasteiger partial charge in [0.1, 0.15) is 11.3 Å². The van der Waals surface area contributed by atoms with Gasteiger partial charge in [0.05, 0.1) is 11.1 Å².